The molecule has 4 rings (SSSR count). The van der Waals surface area contributed by atoms with Crippen LogP contribution in [0.4, 0.5) is 0 Å². The van der Waals surface area contributed by atoms with Crippen LogP contribution in [0.15, 0.2) is 95.2 Å². The van der Waals surface area contributed by atoms with E-state index in [1.54, 1.807) is 42.7 Å². The molecule has 2 heterocycles. The van der Waals surface area contributed by atoms with Gasteiger partial charge in [-0.1, -0.05) is 60.3 Å². The monoisotopic (exact) mass is 451 g/mol. The topological polar surface area (TPSA) is 89.8 Å². The molecule has 0 radical (unpaired) electrons. The third-order valence-electron chi connectivity index (χ3n) is 4.50. The van der Waals surface area contributed by atoms with E-state index in [0.717, 1.165) is 22.1 Å². The third kappa shape index (κ3) is 5.38. The van der Waals surface area contributed by atoms with Gasteiger partial charge in [0.1, 0.15) is 0 Å². The van der Waals surface area contributed by atoms with Gasteiger partial charge in [-0.3, -0.25) is 9.55 Å². The van der Waals surface area contributed by atoms with Crippen LogP contribution in [0, 0.1) is 0 Å². The highest BCUT2D eigenvalue weighted by Crippen LogP contribution is 2.24. The molecule has 158 valence electrons. The number of pyridine rings is 1. The maximum absolute atomic E-state index is 12.4. The van der Waals surface area contributed by atoms with Gasteiger partial charge in [-0.05, 0) is 29.8 Å². The number of thioether (sulfide) groups is 1. The van der Waals surface area contributed by atoms with Gasteiger partial charge in [0, 0.05) is 30.3 Å². The van der Waals surface area contributed by atoms with Crippen LogP contribution >= 0.6 is 11.8 Å². The molecule has 0 saturated carbocycles. The number of hydrogen-bond acceptors (Lipinski definition) is 6. The predicted octanol–water partition coefficient (Wildman–Crippen LogP) is 3.46. The van der Waals surface area contributed by atoms with E-state index in [4.69, 9.17) is 0 Å². The van der Waals surface area contributed by atoms with Gasteiger partial charge in [0.25, 0.3) is 0 Å². The Morgan fingerprint density at radius 2 is 1.65 bits per heavy atom. The van der Waals surface area contributed by atoms with Crippen LogP contribution in [0.5, 0.6) is 0 Å². The Morgan fingerprint density at radius 1 is 0.903 bits per heavy atom. The van der Waals surface area contributed by atoms with E-state index in [2.05, 4.69) is 32.0 Å². The molecule has 0 bridgehead atoms. The Morgan fingerprint density at radius 3 is 2.35 bits per heavy atom. The van der Waals surface area contributed by atoms with E-state index in [9.17, 15) is 8.42 Å². The molecule has 0 spiro atoms. The maximum Gasteiger partial charge on any atom is 0.240 e. The summed E-state index contributed by atoms with van der Waals surface area (Å²) in [4.78, 5) is 4.44. The molecule has 0 amide bonds. The fourth-order valence-corrected chi connectivity index (χ4v) is 4.99. The first-order chi connectivity index (χ1) is 15.1. The van der Waals surface area contributed by atoms with E-state index in [-0.39, 0.29) is 11.4 Å². The fourth-order valence-electron chi connectivity index (χ4n) is 3.01. The fraction of sp³-hybridized carbons (Fsp3) is 0.136. The Labute approximate surface area is 185 Å². The second-order valence-electron chi connectivity index (χ2n) is 6.68. The Hall–Kier alpha value is -3.01. The normalized spacial score (nSPS) is 11.5. The van der Waals surface area contributed by atoms with E-state index >= 15 is 0 Å². The van der Waals surface area contributed by atoms with Crippen LogP contribution in [0.2, 0.25) is 0 Å². The molecule has 0 aliphatic heterocycles. The van der Waals surface area contributed by atoms with Crippen LogP contribution in [0.3, 0.4) is 0 Å². The number of sulfonamides is 1. The van der Waals surface area contributed by atoms with Crippen LogP contribution in [0.1, 0.15) is 5.56 Å². The minimum Gasteiger partial charge on any atom is -0.298 e. The molecule has 0 aliphatic carbocycles. The summed E-state index contributed by atoms with van der Waals surface area (Å²) >= 11 is 1.46. The first kappa shape index (κ1) is 21.2. The lowest BCUT2D eigenvalue weighted by molar-refractivity contribution is 0.584. The summed E-state index contributed by atoms with van der Waals surface area (Å²) in [5.41, 5.74) is 2.00. The largest absolute Gasteiger partial charge is 0.298 e. The van der Waals surface area contributed by atoms with E-state index in [0.29, 0.717) is 12.3 Å². The van der Waals surface area contributed by atoms with Gasteiger partial charge in [-0.2, -0.15) is 0 Å². The van der Waals surface area contributed by atoms with Crippen molar-refractivity contribution >= 4 is 21.8 Å². The molecular formula is C22H21N5O2S2. The highest BCUT2D eigenvalue weighted by molar-refractivity contribution is 7.99. The van der Waals surface area contributed by atoms with Crippen molar-refractivity contribution in [3.05, 3.63) is 90.8 Å². The van der Waals surface area contributed by atoms with E-state index < -0.39 is 10.0 Å². The zero-order chi connectivity index (χ0) is 21.5. The smallest absolute Gasteiger partial charge is 0.240 e. The Kier molecular flexibility index (Phi) is 6.76. The average Bonchev–Trinajstić information content (AvgIpc) is 3.21. The molecule has 0 atom stereocenters. The van der Waals surface area contributed by atoms with E-state index in [1.807, 2.05) is 34.9 Å². The molecule has 0 unspecified atom stereocenters. The minimum atomic E-state index is -3.53. The van der Waals surface area contributed by atoms with Gasteiger partial charge in [0.05, 0.1) is 11.4 Å². The lowest BCUT2D eigenvalue weighted by atomic mass is 10.2. The second kappa shape index (κ2) is 9.86. The molecule has 2 aromatic carbocycles. The highest BCUT2D eigenvalue weighted by atomic mass is 32.2. The molecular weight excluding hydrogens is 430 g/mol. The van der Waals surface area contributed by atoms with E-state index in [1.165, 1.54) is 11.8 Å². The summed E-state index contributed by atoms with van der Waals surface area (Å²) < 4.78 is 29.4. The van der Waals surface area contributed by atoms with Gasteiger partial charge < -0.3 is 0 Å². The zero-order valence-electron chi connectivity index (χ0n) is 16.6. The molecule has 4 aromatic rings. The summed E-state index contributed by atoms with van der Waals surface area (Å²) in [6.45, 7) is 0.887. The molecule has 0 fully saturated rings. The first-order valence-electron chi connectivity index (χ1n) is 9.68. The van der Waals surface area contributed by atoms with Crippen molar-refractivity contribution in [2.24, 2.45) is 0 Å². The summed E-state index contributed by atoms with van der Waals surface area (Å²) in [5, 5.41) is 9.45. The summed E-state index contributed by atoms with van der Waals surface area (Å²) in [5.74, 6) is 1.25. The third-order valence-corrected chi connectivity index (χ3v) is 6.94. The summed E-state index contributed by atoms with van der Waals surface area (Å²) in [7, 11) is -3.53. The van der Waals surface area contributed by atoms with Gasteiger partial charge >= 0.3 is 0 Å². The SMILES string of the molecule is O=S(=O)(NCCSc1nnc(-c2cccnc2)n1Cc1ccccc1)c1ccccc1. The number of rotatable bonds is 9. The van der Waals surface area contributed by atoms with Crippen molar-refractivity contribution < 1.29 is 8.42 Å². The quantitative estimate of drug-likeness (QED) is 0.310. The van der Waals surface area contributed by atoms with Crippen LogP contribution in [0.25, 0.3) is 11.4 Å². The molecule has 31 heavy (non-hydrogen) atoms. The number of nitrogens with one attached hydrogen (secondary N) is 1. The van der Waals surface area contributed by atoms with Crippen molar-refractivity contribution in [2.45, 2.75) is 16.6 Å². The molecule has 1 N–H and O–H groups in total. The molecule has 0 saturated heterocycles. The van der Waals surface area contributed by atoms with Crippen molar-refractivity contribution in [1.29, 1.82) is 0 Å². The number of benzene rings is 2. The molecule has 9 heteroatoms. The van der Waals surface area contributed by atoms with Crippen LogP contribution in [-0.2, 0) is 16.6 Å². The van der Waals surface area contributed by atoms with Gasteiger partial charge in [0.2, 0.25) is 10.0 Å². The summed E-state index contributed by atoms with van der Waals surface area (Å²) in [6, 6.07) is 22.2. The Balaban J connectivity index is 1.48. The number of nitrogens with zero attached hydrogens (tertiary/aromatic N) is 4. The first-order valence-corrected chi connectivity index (χ1v) is 12.2. The van der Waals surface area contributed by atoms with Crippen molar-refractivity contribution in [1.82, 2.24) is 24.5 Å². The maximum atomic E-state index is 12.4. The molecule has 2 aromatic heterocycles. The van der Waals surface area contributed by atoms with Gasteiger partial charge in [-0.15, -0.1) is 10.2 Å². The standard InChI is InChI=1S/C22H21N5O2S2/c28-31(29,20-11-5-2-6-12-20)24-14-15-30-22-26-25-21(19-10-7-13-23-16-19)27(22)17-18-8-3-1-4-9-18/h1-13,16,24H,14-15,17H2. The van der Waals surface area contributed by atoms with Crippen LogP contribution < -0.4 is 4.72 Å². The molecule has 7 nitrogen and oxygen atoms in total. The number of aromatic nitrogens is 4. The lowest BCUT2D eigenvalue weighted by Crippen LogP contribution is -2.26. The second-order valence-corrected chi connectivity index (χ2v) is 9.51. The van der Waals surface area contributed by atoms with Gasteiger partial charge in [0.15, 0.2) is 11.0 Å². The van der Waals surface area contributed by atoms with Crippen LogP contribution in [-0.4, -0.2) is 40.5 Å². The zero-order valence-corrected chi connectivity index (χ0v) is 18.3. The summed E-state index contributed by atoms with van der Waals surface area (Å²) in [6.07, 6.45) is 3.48. The average molecular weight is 452 g/mol. The van der Waals surface area contributed by atoms with Crippen molar-refractivity contribution in [3.8, 4) is 11.4 Å². The van der Waals surface area contributed by atoms with Gasteiger partial charge in [-0.25, -0.2) is 13.1 Å². The Bertz CT molecular complexity index is 1210. The molecule has 0 aliphatic rings. The highest BCUT2D eigenvalue weighted by Gasteiger charge is 2.16. The minimum absolute atomic E-state index is 0.256. The van der Waals surface area contributed by atoms with Crippen molar-refractivity contribution in [3.63, 3.8) is 0 Å². The lowest BCUT2D eigenvalue weighted by Gasteiger charge is -2.11. The predicted molar refractivity (Wildman–Crippen MR) is 121 cm³/mol. The number of hydrogen-bond donors (Lipinski definition) is 1. The van der Waals surface area contributed by atoms with Crippen molar-refractivity contribution in [2.75, 3.05) is 12.3 Å².